The summed E-state index contributed by atoms with van der Waals surface area (Å²) in [4.78, 5) is 12.7. The van der Waals surface area contributed by atoms with Crippen molar-refractivity contribution in [2.75, 3.05) is 0 Å². The quantitative estimate of drug-likeness (QED) is 0.260. The zero-order chi connectivity index (χ0) is 26.2. The lowest BCUT2D eigenvalue weighted by Crippen LogP contribution is -2.51. The van der Waals surface area contributed by atoms with Crippen molar-refractivity contribution in [1.29, 1.82) is 0 Å². The van der Waals surface area contributed by atoms with E-state index in [-0.39, 0.29) is 12.1 Å². The summed E-state index contributed by atoms with van der Waals surface area (Å²) >= 11 is 0. The molecule has 3 saturated carbocycles. The van der Waals surface area contributed by atoms with Crippen molar-refractivity contribution >= 4 is 5.97 Å². The second-order valence-corrected chi connectivity index (χ2v) is 14.3. The first-order valence-corrected chi connectivity index (χ1v) is 15.6. The molecule has 0 saturated heterocycles. The van der Waals surface area contributed by atoms with Gasteiger partial charge in [-0.1, -0.05) is 95.9 Å². The van der Waals surface area contributed by atoms with Crippen LogP contribution >= 0.6 is 0 Å². The third kappa shape index (κ3) is 5.33. The van der Waals surface area contributed by atoms with Gasteiger partial charge in [0, 0.05) is 6.42 Å². The molecular weight excluding hydrogens is 452 g/mol. The predicted octanol–water partition coefficient (Wildman–Crippen LogP) is 9.18. The molecule has 0 aliphatic heterocycles. The minimum absolute atomic E-state index is 0.0588. The first-order chi connectivity index (χ1) is 17.7. The number of hydrogen-bond donors (Lipinski definition) is 0. The molecule has 1 aromatic rings. The summed E-state index contributed by atoms with van der Waals surface area (Å²) in [5, 5.41) is 0. The number of hydrogen-bond acceptors (Lipinski definition) is 2. The van der Waals surface area contributed by atoms with Crippen LogP contribution in [0.3, 0.4) is 0 Å². The van der Waals surface area contributed by atoms with Gasteiger partial charge in [0.1, 0.15) is 6.10 Å². The second kappa shape index (κ2) is 10.9. The Kier molecular flexibility index (Phi) is 7.95. The number of fused-ring (bicyclic) bond motifs is 5. The monoisotopic (exact) mass is 504 g/mol. The zero-order valence-electron chi connectivity index (χ0n) is 24.3. The van der Waals surface area contributed by atoms with Crippen LogP contribution < -0.4 is 0 Å². The summed E-state index contributed by atoms with van der Waals surface area (Å²) in [5.74, 6) is 5.14. The molecule has 0 unspecified atom stereocenters. The van der Waals surface area contributed by atoms with Crippen LogP contribution in [0.1, 0.15) is 111 Å². The molecule has 4 aliphatic rings. The maximum absolute atomic E-state index is 12.7. The molecule has 8 atom stereocenters. The molecule has 204 valence electrons. The number of ether oxygens (including phenoxy) is 1. The second-order valence-electron chi connectivity index (χ2n) is 14.3. The van der Waals surface area contributed by atoms with Gasteiger partial charge in [-0.15, -0.1) is 0 Å². The normalized spacial score (nSPS) is 37.8. The van der Waals surface area contributed by atoms with Gasteiger partial charge in [0.15, 0.2) is 0 Å². The Bertz CT molecular complexity index is 963. The molecule has 0 heterocycles. The van der Waals surface area contributed by atoms with E-state index in [2.05, 4.69) is 40.7 Å². The molecular formula is C35H52O2. The van der Waals surface area contributed by atoms with E-state index in [4.69, 9.17) is 4.74 Å². The Balaban J connectivity index is 1.22. The predicted molar refractivity (Wildman–Crippen MR) is 153 cm³/mol. The summed E-state index contributed by atoms with van der Waals surface area (Å²) in [7, 11) is 0. The van der Waals surface area contributed by atoms with E-state index in [0.717, 1.165) is 53.9 Å². The molecule has 4 aliphatic carbocycles. The van der Waals surface area contributed by atoms with Crippen molar-refractivity contribution in [3.8, 4) is 0 Å². The fourth-order valence-electron chi connectivity index (χ4n) is 9.74. The van der Waals surface area contributed by atoms with Gasteiger partial charge >= 0.3 is 5.97 Å². The summed E-state index contributed by atoms with van der Waals surface area (Å²) in [6.45, 7) is 12.6. The highest BCUT2D eigenvalue weighted by atomic mass is 16.5. The third-order valence-electron chi connectivity index (χ3n) is 11.7. The molecule has 2 nitrogen and oxygen atoms in total. The Morgan fingerprint density at radius 3 is 2.51 bits per heavy atom. The van der Waals surface area contributed by atoms with Crippen molar-refractivity contribution in [1.82, 2.24) is 0 Å². The summed E-state index contributed by atoms with van der Waals surface area (Å²) in [5.41, 5.74) is 3.51. The minimum atomic E-state index is -0.0676. The summed E-state index contributed by atoms with van der Waals surface area (Å²) < 4.78 is 6.02. The maximum atomic E-state index is 12.7. The molecule has 0 amide bonds. The van der Waals surface area contributed by atoms with E-state index in [1.54, 1.807) is 5.57 Å². The molecule has 5 rings (SSSR count). The Hall–Kier alpha value is -1.57. The lowest BCUT2D eigenvalue weighted by atomic mass is 9.47. The van der Waals surface area contributed by atoms with E-state index in [0.29, 0.717) is 17.3 Å². The fourth-order valence-corrected chi connectivity index (χ4v) is 9.74. The van der Waals surface area contributed by atoms with Crippen molar-refractivity contribution in [2.45, 2.75) is 118 Å². The summed E-state index contributed by atoms with van der Waals surface area (Å²) in [6, 6.07) is 10.0. The topological polar surface area (TPSA) is 26.3 Å². The van der Waals surface area contributed by atoms with Gasteiger partial charge in [-0.25, -0.2) is 0 Å². The van der Waals surface area contributed by atoms with E-state index >= 15 is 0 Å². The van der Waals surface area contributed by atoms with Crippen LogP contribution in [0.15, 0.2) is 42.0 Å². The molecule has 0 N–H and O–H groups in total. The molecule has 1 aromatic carbocycles. The van der Waals surface area contributed by atoms with E-state index < -0.39 is 0 Å². The molecule has 2 heteroatoms. The molecule has 0 radical (unpaired) electrons. The molecule has 0 spiro atoms. The van der Waals surface area contributed by atoms with Gasteiger partial charge in [-0.2, -0.15) is 0 Å². The minimum Gasteiger partial charge on any atom is -0.462 e. The van der Waals surface area contributed by atoms with E-state index in [1.165, 1.54) is 57.8 Å². The summed E-state index contributed by atoms with van der Waals surface area (Å²) in [6.07, 6.45) is 17.4. The van der Waals surface area contributed by atoms with Crippen molar-refractivity contribution < 1.29 is 9.53 Å². The fraction of sp³-hybridized carbons (Fsp3) is 0.743. The van der Waals surface area contributed by atoms with Crippen LogP contribution in [0.25, 0.3) is 0 Å². The van der Waals surface area contributed by atoms with Gasteiger partial charge in [0.05, 0.1) is 6.42 Å². The average molecular weight is 505 g/mol. The van der Waals surface area contributed by atoms with E-state index in [9.17, 15) is 4.79 Å². The molecule has 0 bridgehead atoms. The Morgan fingerprint density at radius 1 is 0.973 bits per heavy atom. The highest BCUT2D eigenvalue weighted by molar-refractivity contribution is 5.72. The van der Waals surface area contributed by atoms with Crippen LogP contribution in [-0.4, -0.2) is 12.1 Å². The SMILES string of the molecule is CC(C)CCC[C@H](C)[C@@H]1CC[C@@H]2[C@@H]3CC=C4C[C@@H](OC(=O)Cc5ccccc5)CC[C@]4(C)[C@@H]3CC[C@@]21C. The van der Waals surface area contributed by atoms with Crippen LogP contribution in [0, 0.1) is 46.3 Å². The number of allylic oxidation sites excluding steroid dienone is 1. The van der Waals surface area contributed by atoms with Gasteiger partial charge in [-0.05, 0) is 96.8 Å². The van der Waals surface area contributed by atoms with E-state index in [1.807, 2.05) is 30.3 Å². The van der Waals surface area contributed by atoms with Gasteiger partial charge in [0.2, 0.25) is 0 Å². The van der Waals surface area contributed by atoms with Crippen LogP contribution in [0.4, 0.5) is 0 Å². The highest BCUT2D eigenvalue weighted by Gasteiger charge is 2.59. The van der Waals surface area contributed by atoms with Crippen LogP contribution in [0.2, 0.25) is 0 Å². The van der Waals surface area contributed by atoms with Crippen molar-refractivity contribution in [2.24, 2.45) is 46.3 Å². The largest absolute Gasteiger partial charge is 0.462 e. The van der Waals surface area contributed by atoms with Crippen molar-refractivity contribution in [3.05, 3.63) is 47.5 Å². The standard InChI is InChI=1S/C35H52O2/c1-24(2)10-9-11-25(3)30-16-17-31-29-15-14-27-23-28(37-33(36)22-26-12-7-6-8-13-26)18-20-34(27,4)32(29)19-21-35(30,31)5/h6-8,12-14,24-25,28-32H,9-11,15-23H2,1-5H3/t25-,28-,29-,30-,31+,32+,34-,35+/m0/s1. The lowest BCUT2D eigenvalue weighted by Gasteiger charge is -2.58. The first kappa shape index (κ1) is 27.0. The number of carbonyl (C=O) groups is 1. The van der Waals surface area contributed by atoms with Crippen LogP contribution in [-0.2, 0) is 16.0 Å². The number of rotatable bonds is 8. The third-order valence-corrected chi connectivity index (χ3v) is 11.7. The average Bonchev–Trinajstić information content (AvgIpc) is 3.22. The highest BCUT2D eigenvalue weighted by Crippen LogP contribution is 2.67. The number of carbonyl (C=O) groups excluding carboxylic acids is 1. The molecule has 3 fully saturated rings. The zero-order valence-corrected chi connectivity index (χ0v) is 24.3. The molecule has 37 heavy (non-hydrogen) atoms. The van der Waals surface area contributed by atoms with Gasteiger partial charge in [0.25, 0.3) is 0 Å². The Labute approximate surface area is 227 Å². The maximum Gasteiger partial charge on any atom is 0.310 e. The Morgan fingerprint density at radius 2 is 1.76 bits per heavy atom. The number of benzene rings is 1. The van der Waals surface area contributed by atoms with Gasteiger partial charge < -0.3 is 4.74 Å². The first-order valence-electron chi connectivity index (χ1n) is 15.6. The smallest absolute Gasteiger partial charge is 0.310 e. The van der Waals surface area contributed by atoms with Gasteiger partial charge in [-0.3, -0.25) is 4.79 Å². The lowest BCUT2D eigenvalue weighted by molar-refractivity contribution is -0.150. The van der Waals surface area contributed by atoms with Crippen molar-refractivity contribution in [3.63, 3.8) is 0 Å². The molecule has 0 aromatic heterocycles. The van der Waals surface area contributed by atoms with Crippen LogP contribution in [0.5, 0.6) is 0 Å². The number of esters is 1.